The number of piperidine rings is 1. The minimum Gasteiger partial charge on any atom is -0.326 e. The number of pyridine rings is 1. The van der Waals surface area contributed by atoms with Gasteiger partial charge in [-0.25, -0.2) is 13.1 Å². The van der Waals surface area contributed by atoms with E-state index in [2.05, 4.69) is 19.9 Å². The van der Waals surface area contributed by atoms with Crippen LogP contribution in [-0.4, -0.2) is 43.8 Å². The second-order valence-corrected chi connectivity index (χ2v) is 8.90. The van der Waals surface area contributed by atoms with Crippen molar-refractivity contribution in [3.63, 3.8) is 0 Å². The van der Waals surface area contributed by atoms with Gasteiger partial charge in [-0.05, 0) is 73.8 Å². The van der Waals surface area contributed by atoms with Crippen molar-refractivity contribution in [1.82, 2.24) is 14.6 Å². The molecular weight excluding hydrogens is 376 g/mol. The molecule has 2 heterocycles. The van der Waals surface area contributed by atoms with Gasteiger partial charge in [-0.1, -0.05) is 0 Å². The summed E-state index contributed by atoms with van der Waals surface area (Å²) in [4.78, 5) is 17.7. The number of hydrogen-bond acceptors (Lipinski definition) is 5. The van der Waals surface area contributed by atoms with Crippen molar-refractivity contribution in [3.05, 3.63) is 54.4 Å². The van der Waals surface area contributed by atoms with Crippen LogP contribution in [0.3, 0.4) is 0 Å². The Kier molecular flexibility index (Phi) is 6.77. The zero-order valence-corrected chi connectivity index (χ0v) is 16.8. The number of likely N-dealkylation sites (tertiary alicyclic amines) is 1. The molecule has 150 valence electrons. The number of nitrogens with one attached hydrogen (secondary N) is 2. The Morgan fingerprint density at radius 2 is 1.75 bits per heavy atom. The Labute approximate surface area is 166 Å². The third-order valence-electron chi connectivity index (χ3n) is 4.91. The number of nitrogens with zero attached hydrogens (tertiary/aromatic N) is 2. The second kappa shape index (κ2) is 9.27. The number of aromatic nitrogens is 1. The zero-order valence-electron chi connectivity index (χ0n) is 16.0. The summed E-state index contributed by atoms with van der Waals surface area (Å²) in [7, 11) is -3.55. The van der Waals surface area contributed by atoms with Crippen molar-refractivity contribution >= 4 is 21.6 Å². The predicted molar refractivity (Wildman–Crippen MR) is 108 cm³/mol. The molecule has 2 N–H and O–H groups in total. The van der Waals surface area contributed by atoms with Crippen LogP contribution in [0.2, 0.25) is 0 Å². The van der Waals surface area contributed by atoms with Gasteiger partial charge in [0.25, 0.3) is 0 Å². The van der Waals surface area contributed by atoms with Gasteiger partial charge in [-0.3, -0.25) is 14.7 Å². The van der Waals surface area contributed by atoms with Crippen molar-refractivity contribution in [3.8, 4) is 0 Å². The molecule has 0 aliphatic carbocycles. The van der Waals surface area contributed by atoms with Crippen LogP contribution in [0.25, 0.3) is 0 Å². The number of anilines is 1. The SMILES string of the molecule is CC(=O)Nc1ccc(S(=O)(=O)NCC2CCN(Cc3ccncc3)CC2)cc1. The van der Waals surface area contributed by atoms with E-state index < -0.39 is 10.0 Å². The molecule has 7 nitrogen and oxygen atoms in total. The van der Waals surface area contributed by atoms with Crippen LogP contribution in [0, 0.1) is 5.92 Å². The normalized spacial score (nSPS) is 16.0. The maximum atomic E-state index is 12.5. The summed E-state index contributed by atoms with van der Waals surface area (Å²) in [6.45, 7) is 4.68. The molecule has 0 spiro atoms. The number of hydrogen-bond donors (Lipinski definition) is 2. The number of carbonyl (C=O) groups excluding carboxylic acids is 1. The quantitative estimate of drug-likeness (QED) is 0.741. The molecule has 1 fully saturated rings. The number of benzene rings is 1. The van der Waals surface area contributed by atoms with Gasteiger partial charge in [0.05, 0.1) is 4.90 Å². The molecule has 28 heavy (non-hydrogen) atoms. The fraction of sp³-hybridized carbons (Fsp3) is 0.400. The van der Waals surface area contributed by atoms with Crippen LogP contribution < -0.4 is 10.0 Å². The highest BCUT2D eigenvalue weighted by Gasteiger charge is 2.22. The molecular formula is C20H26N4O3S. The number of carbonyl (C=O) groups is 1. The fourth-order valence-corrected chi connectivity index (χ4v) is 4.44. The van der Waals surface area contributed by atoms with Gasteiger partial charge in [-0.15, -0.1) is 0 Å². The lowest BCUT2D eigenvalue weighted by Crippen LogP contribution is -2.38. The summed E-state index contributed by atoms with van der Waals surface area (Å²) in [5.74, 6) is 0.145. The molecule has 0 radical (unpaired) electrons. The van der Waals surface area contributed by atoms with Crippen molar-refractivity contribution in [1.29, 1.82) is 0 Å². The van der Waals surface area contributed by atoms with Crippen LogP contribution in [0.4, 0.5) is 5.69 Å². The molecule has 0 bridgehead atoms. The molecule has 1 aliphatic heterocycles. The van der Waals surface area contributed by atoms with Gasteiger partial charge >= 0.3 is 0 Å². The summed E-state index contributed by atoms with van der Waals surface area (Å²) < 4.78 is 27.7. The Hall–Kier alpha value is -2.29. The molecule has 1 aromatic carbocycles. The van der Waals surface area contributed by atoms with E-state index in [1.807, 2.05) is 12.1 Å². The summed E-state index contributed by atoms with van der Waals surface area (Å²) >= 11 is 0. The van der Waals surface area contributed by atoms with Crippen molar-refractivity contribution in [2.75, 3.05) is 25.0 Å². The van der Waals surface area contributed by atoms with Crippen LogP contribution in [0.1, 0.15) is 25.3 Å². The monoisotopic (exact) mass is 402 g/mol. The first-order valence-corrected chi connectivity index (χ1v) is 10.9. The molecule has 1 aliphatic rings. The minimum absolute atomic E-state index is 0.191. The Morgan fingerprint density at radius 1 is 1.11 bits per heavy atom. The molecule has 0 unspecified atom stereocenters. The van der Waals surface area contributed by atoms with Gasteiger partial charge in [0.2, 0.25) is 15.9 Å². The van der Waals surface area contributed by atoms with E-state index in [0.29, 0.717) is 18.2 Å². The largest absolute Gasteiger partial charge is 0.326 e. The smallest absolute Gasteiger partial charge is 0.240 e. The van der Waals surface area contributed by atoms with E-state index in [1.54, 1.807) is 24.5 Å². The Bertz CT molecular complexity index is 877. The summed E-state index contributed by atoms with van der Waals surface area (Å²) in [6.07, 6.45) is 5.54. The Balaban J connectivity index is 1.47. The zero-order chi connectivity index (χ0) is 20.0. The Morgan fingerprint density at radius 3 is 2.36 bits per heavy atom. The molecule has 0 saturated carbocycles. The van der Waals surface area contributed by atoms with E-state index in [9.17, 15) is 13.2 Å². The molecule has 8 heteroatoms. The van der Waals surface area contributed by atoms with E-state index in [4.69, 9.17) is 0 Å². The molecule has 1 amide bonds. The van der Waals surface area contributed by atoms with Crippen LogP contribution in [-0.2, 0) is 21.4 Å². The first-order chi connectivity index (χ1) is 13.4. The number of sulfonamides is 1. The molecule has 0 atom stereocenters. The van der Waals surface area contributed by atoms with E-state index >= 15 is 0 Å². The highest BCUT2D eigenvalue weighted by Crippen LogP contribution is 2.20. The van der Waals surface area contributed by atoms with Crippen molar-refractivity contribution in [2.24, 2.45) is 5.92 Å². The van der Waals surface area contributed by atoms with Crippen LogP contribution >= 0.6 is 0 Å². The summed E-state index contributed by atoms with van der Waals surface area (Å²) in [6, 6.07) is 10.2. The maximum Gasteiger partial charge on any atom is 0.240 e. The molecule has 3 rings (SSSR count). The third-order valence-corrected chi connectivity index (χ3v) is 6.35. The lowest BCUT2D eigenvalue weighted by molar-refractivity contribution is -0.114. The average Bonchev–Trinajstić information content (AvgIpc) is 2.68. The summed E-state index contributed by atoms with van der Waals surface area (Å²) in [5, 5.41) is 2.63. The lowest BCUT2D eigenvalue weighted by atomic mass is 9.97. The molecule has 1 saturated heterocycles. The highest BCUT2D eigenvalue weighted by molar-refractivity contribution is 7.89. The number of amides is 1. The third kappa shape index (κ3) is 5.85. The predicted octanol–water partition coefficient (Wildman–Crippen LogP) is 2.23. The first-order valence-electron chi connectivity index (χ1n) is 9.41. The van der Waals surface area contributed by atoms with Gasteiger partial charge in [-0.2, -0.15) is 0 Å². The van der Waals surface area contributed by atoms with Gasteiger partial charge in [0, 0.05) is 38.1 Å². The van der Waals surface area contributed by atoms with Gasteiger partial charge < -0.3 is 5.32 Å². The van der Waals surface area contributed by atoms with E-state index in [0.717, 1.165) is 32.5 Å². The standard InChI is InChI=1S/C20H26N4O3S/c1-16(25)23-19-2-4-20(5-3-19)28(26,27)22-14-17-8-12-24(13-9-17)15-18-6-10-21-11-7-18/h2-7,10-11,17,22H,8-9,12-15H2,1H3,(H,23,25). The van der Waals surface area contributed by atoms with Gasteiger partial charge in [0.15, 0.2) is 0 Å². The van der Waals surface area contributed by atoms with Crippen LogP contribution in [0.5, 0.6) is 0 Å². The topological polar surface area (TPSA) is 91.4 Å². The van der Waals surface area contributed by atoms with Crippen LogP contribution in [0.15, 0.2) is 53.7 Å². The average molecular weight is 403 g/mol. The van der Waals surface area contributed by atoms with E-state index in [-0.39, 0.29) is 10.8 Å². The second-order valence-electron chi connectivity index (χ2n) is 7.13. The summed E-state index contributed by atoms with van der Waals surface area (Å²) in [5.41, 5.74) is 1.82. The maximum absolute atomic E-state index is 12.5. The highest BCUT2D eigenvalue weighted by atomic mass is 32.2. The minimum atomic E-state index is -3.55. The number of rotatable bonds is 7. The van der Waals surface area contributed by atoms with Gasteiger partial charge in [0.1, 0.15) is 0 Å². The van der Waals surface area contributed by atoms with Crippen molar-refractivity contribution in [2.45, 2.75) is 31.2 Å². The first kappa shape index (κ1) is 20.4. The molecule has 2 aromatic rings. The fourth-order valence-electron chi connectivity index (χ4n) is 3.33. The van der Waals surface area contributed by atoms with Crippen molar-refractivity contribution < 1.29 is 13.2 Å². The van der Waals surface area contributed by atoms with E-state index in [1.165, 1.54) is 24.6 Å². The molecule has 1 aromatic heterocycles. The lowest BCUT2D eigenvalue weighted by Gasteiger charge is -2.32.